The van der Waals surface area contributed by atoms with Gasteiger partial charge in [0.15, 0.2) is 0 Å². The number of thiol groups is 1. The third-order valence-electron chi connectivity index (χ3n) is 5.47. The number of nitrogens with two attached hydrogens (primary N) is 1. The average molecular weight is 481 g/mol. The van der Waals surface area contributed by atoms with Crippen LogP contribution in [-0.2, 0) is 25.6 Å². The highest BCUT2D eigenvalue weighted by atomic mass is 32.1. The molecule has 5 atom stereocenters. The minimum atomic E-state index is -1.17. The maximum atomic E-state index is 13.0. The van der Waals surface area contributed by atoms with Crippen LogP contribution in [0.25, 0.3) is 0 Å². The Hall–Kier alpha value is -2.59. The number of carbonyl (C=O) groups is 4. The Kier molecular flexibility index (Phi) is 11.9. The topological polar surface area (TPSA) is 151 Å². The molecule has 33 heavy (non-hydrogen) atoms. The normalized spacial score (nSPS) is 15.6. The summed E-state index contributed by atoms with van der Waals surface area (Å²) in [5, 5.41) is 17.0. The van der Waals surface area contributed by atoms with E-state index in [0.717, 1.165) is 5.56 Å². The first-order chi connectivity index (χ1) is 15.5. The van der Waals surface area contributed by atoms with Crippen LogP contribution in [0.1, 0.15) is 39.7 Å². The molecule has 1 aromatic rings. The molecule has 9 nitrogen and oxygen atoms in total. The maximum absolute atomic E-state index is 13.0. The second kappa shape index (κ2) is 13.8. The Balaban J connectivity index is 2.87. The zero-order valence-electron chi connectivity index (χ0n) is 19.6. The number of carboxylic acid groups (broad SMARTS) is 1. The van der Waals surface area contributed by atoms with Crippen molar-refractivity contribution in [3.8, 4) is 0 Å². The van der Waals surface area contributed by atoms with Crippen molar-refractivity contribution in [1.29, 1.82) is 0 Å². The number of amides is 3. The molecular formula is C23H36N4O5S. The second-order valence-corrected chi connectivity index (χ2v) is 8.85. The summed E-state index contributed by atoms with van der Waals surface area (Å²) in [5.41, 5.74) is 6.95. The van der Waals surface area contributed by atoms with Crippen molar-refractivity contribution >= 4 is 36.3 Å². The Morgan fingerprint density at radius 1 is 0.939 bits per heavy atom. The van der Waals surface area contributed by atoms with E-state index in [2.05, 4.69) is 28.6 Å². The van der Waals surface area contributed by atoms with Crippen molar-refractivity contribution in [2.45, 2.75) is 64.7 Å². The van der Waals surface area contributed by atoms with Crippen molar-refractivity contribution in [2.24, 2.45) is 17.6 Å². The van der Waals surface area contributed by atoms with E-state index in [0.29, 0.717) is 12.8 Å². The zero-order valence-corrected chi connectivity index (χ0v) is 20.5. The van der Waals surface area contributed by atoms with Gasteiger partial charge in [-0.25, -0.2) is 4.79 Å². The lowest BCUT2D eigenvalue weighted by atomic mass is 9.97. The van der Waals surface area contributed by atoms with Crippen molar-refractivity contribution in [2.75, 3.05) is 5.75 Å². The third-order valence-corrected chi connectivity index (χ3v) is 5.84. The molecule has 184 valence electrons. The SMILES string of the molecule is CCC(C)C(NC(=O)C(N)Cc1ccccc1)C(=O)NC(CS)C(=O)NC(C(=O)O)C(C)C. The molecule has 0 saturated carbocycles. The number of benzene rings is 1. The van der Waals surface area contributed by atoms with E-state index in [1.54, 1.807) is 13.8 Å². The van der Waals surface area contributed by atoms with Gasteiger partial charge in [0.2, 0.25) is 17.7 Å². The summed E-state index contributed by atoms with van der Waals surface area (Å²) >= 11 is 4.13. The number of carboxylic acids is 1. The van der Waals surface area contributed by atoms with E-state index >= 15 is 0 Å². The van der Waals surface area contributed by atoms with Crippen LogP contribution in [0.2, 0.25) is 0 Å². The first-order valence-electron chi connectivity index (χ1n) is 11.1. The fourth-order valence-corrected chi connectivity index (χ4v) is 3.40. The molecule has 0 saturated heterocycles. The lowest BCUT2D eigenvalue weighted by Gasteiger charge is -2.28. The van der Waals surface area contributed by atoms with Gasteiger partial charge in [-0.2, -0.15) is 12.6 Å². The van der Waals surface area contributed by atoms with E-state index in [1.165, 1.54) is 0 Å². The number of hydrogen-bond donors (Lipinski definition) is 6. The molecule has 0 fully saturated rings. The van der Waals surface area contributed by atoms with Gasteiger partial charge in [0.1, 0.15) is 18.1 Å². The zero-order chi connectivity index (χ0) is 25.1. The van der Waals surface area contributed by atoms with Gasteiger partial charge in [-0.3, -0.25) is 14.4 Å². The molecule has 0 aliphatic rings. The summed E-state index contributed by atoms with van der Waals surface area (Å²) in [6, 6.07) is 5.37. The van der Waals surface area contributed by atoms with Crippen LogP contribution in [0.3, 0.4) is 0 Å². The lowest BCUT2D eigenvalue weighted by Crippen LogP contribution is -2.59. The summed E-state index contributed by atoms with van der Waals surface area (Å²) in [6.07, 6.45) is 0.910. The van der Waals surface area contributed by atoms with E-state index < -0.39 is 47.9 Å². The van der Waals surface area contributed by atoms with Crippen LogP contribution in [0.15, 0.2) is 30.3 Å². The van der Waals surface area contributed by atoms with Gasteiger partial charge in [0, 0.05) is 5.75 Å². The molecule has 0 aliphatic heterocycles. The van der Waals surface area contributed by atoms with Gasteiger partial charge < -0.3 is 26.8 Å². The molecular weight excluding hydrogens is 444 g/mol. The number of carbonyl (C=O) groups excluding carboxylic acids is 3. The first-order valence-corrected chi connectivity index (χ1v) is 11.7. The molecule has 1 aromatic carbocycles. The van der Waals surface area contributed by atoms with Crippen LogP contribution in [0, 0.1) is 11.8 Å². The smallest absolute Gasteiger partial charge is 0.326 e. The molecule has 0 spiro atoms. The average Bonchev–Trinajstić information content (AvgIpc) is 2.78. The van der Waals surface area contributed by atoms with Gasteiger partial charge in [0.05, 0.1) is 6.04 Å². The minimum absolute atomic E-state index is 0.0449. The van der Waals surface area contributed by atoms with Crippen LogP contribution in [-0.4, -0.2) is 58.7 Å². The van der Waals surface area contributed by atoms with Gasteiger partial charge in [0.25, 0.3) is 0 Å². The first kappa shape index (κ1) is 28.4. The molecule has 0 heterocycles. The fourth-order valence-electron chi connectivity index (χ4n) is 3.15. The predicted octanol–water partition coefficient (Wildman–Crippen LogP) is 0.727. The van der Waals surface area contributed by atoms with E-state index in [9.17, 15) is 24.3 Å². The summed E-state index contributed by atoms with van der Waals surface area (Å²) in [4.78, 5) is 49.6. The number of hydrogen-bond acceptors (Lipinski definition) is 6. The highest BCUT2D eigenvalue weighted by Crippen LogP contribution is 2.10. The summed E-state index contributed by atoms with van der Waals surface area (Å²) in [6.45, 7) is 7.02. The van der Waals surface area contributed by atoms with E-state index in [1.807, 2.05) is 44.2 Å². The van der Waals surface area contributed by atoms with Crippen LogP contribution >= 0.6 is 12.6 Å². The van der Waals surface area contributed by atoms with Gasteiger partial charge in [-0.1, -0.05) is 64.4 Å². The number of aliphatic carboxylic acids is 1. The largest absolute Gasteiger partial charge is 0.480 e. The Bertz CT molecular complexity index is 805. The molecule has 0 bridgehead atoms. The number of nitrogens with one attached hydrogen (secondary N) is 3. The fraction of sp³-hybridized carbons (Fsp3) is 0.565. The highest BCUT2D eigenvalue weighted by Gasteiger charge is 2.32. The van der Waals surface area contributed by atoms with Crippen LogP contribution < -0.4 is 21.7 Å². The predicted molar refractivity (Wildman–Crippen MR) is 130 cm³/mol. The Labute approximate surface area is 200 Å². The maximum Gasteiger partial charge on any atom is 0.326 e. The van der Waals surface area contributed by atoms with Crippen LogP contribution in [0.4, 0.5) is 0 Å². The summed E-state index contributed by atoms with van der Waals surface area (Å²) in [7, 11) is 0. The minimum Gasteiger partial charge on any atom is -0.480 e. The lowest BCUT2D eigenvalue weighted by molar-refractivity contribution is -0.143. The molecule has 0 aliphatic carbocycles. The molecule has 0 aromatic heterocycles. The van der Waals surface area contributed by atoms with E-state index in [4.69, 9.17) is 5.73 Å². The number of rotatable bonds is 13. The van der Waals surface area contributed by atoms with E-state index in [-0.39, 0.29) is 17.6 Å². The molecule has 6 N–H and O–H groups in total. The molecule has 5 unspecified atom stereocenters. The molecule has 0 radical (unpaired) electrons. The van der Waals surface area contributed by atoms with Gasteiger partial charge >= 0.3 is 5.97 Å². The monoisotopic (exact) mass is 480 g/mol. The molecule has 1 rings (SSSR count). The molecule has 10 heteroatoms. The third kappa shape index (κ3) is 9.05. The van der Waals surface area contributed by atoms with Gasteiger partial charge in [-0.05, 0) is 23.8 Å². The summed E-state index contributed by atoms with van der Waals surface area (Å²) < 4.78 is 0. The standard InChI is InChI=1S/C23H36N4O5S/c1-5-14(4)19(27-20(28)16(24)11-15-9-7-6-8-10-15)22(30)25-17(12-33)21(29)26-18(13(2)3)23(31)32/h6-10,13-14,16-19,33H,5,11-12,24H2,1-4H3,(H,25,30)(H,26,29)(H,27,28)(H,31,32). The molecule has 3 amide bonds. The highest BCUT2D eigenvalue weighted by molar-refractivity contribution is 7.80. The summed E-state index contributed by atoms with van der Waals surface area (Å²) in [5.74, 6) is -3.48. The van der Waals surface area contributed by atoms with Gasteiger partial charge in [-0.15, -0.1) is 0 Å². The van der Waals surface area contributed by atoms with Crippen molar-refractivity contribution in [3.63, 3.8) is 0 Å². The Morgan fingerprint density at radius 2 is 1.52 bits per heavy atom. The van der Waals surface area contributed by atoms with Crippen molar-refractivity contribution < 1.29 is 24.3 Å². The van der Waals surface area contributed by atoms with Crippen molar-refractivity contribution in [3.05, 3.63) is 35.9 Å². The quantitative estimate of drug-likeness (QED) is 0.229. The van der Waals surface area contributed by atoms with Crippen molar-refractivity contribution in [1.82, 2.24) is 16.0 Å². The van der Waals surface area contributed by atoms with Crippen LogP contribution in [0.5, 0.6) is 0 Å². The Morgan fingerprint density at radius 3 is 2.00 bits per heavy atom. The second-order valence-electron chi connectivity index (χ2n) is 8.48.